The Morgan fingerprint density at radius 2 is 2.12 bits per heavy atom. The molecule has 0 saturated heterocycles. The van der Waals surface area contributed by atoms with Crippen LogP contribution in [0.25, 0.3) is 0 Å². The Kier molecular flexibility index (Phi) is 3.61. The van der Waals surface area contributed by atoms with Gasteiger partial charge in [0.15, 0.2) is 0 Å². The topological polar surface area (TPSA) is 63.8 Å². The van der Waals surface area contributed by atoms with E-state index in [0.29, 0.717) is 0 Å². The Hall–Kier alpha value is -1.30. The monoisotopic (exact) mass is 234 g/mol. The largest absolute Gasteiger partial charge is 0.271 e. The van der Waals surface area contributed by atoms with Gasteiger partial charge in [-0.15, -0.1) is 5.10 Å². The van der Waals surface area contributed by atoms with Crippen LogP contribution in [0.3, 0.4) is 0 Å². The molecule has 0 aliphatic carbocycles. The summed E-state index contributed by atoms with van der Waals surface area (Å²) >= 11 is 1.40. The number of hydrogen-bond donors (Lipinski definition) is 2. The molecule has 0 bridgehead atoms. The maximum absolute atomic E-state index is 5.62. The molecular formula is C11H14N4S. The minimum Gasteiger partial charge on any atom is -0.271 e. The van der Waals surface area contributed by atoms with Crippen LogP contribution in [0.5, 0.6) is 0 Å². The normalized spacial score (nSPS) is 12.6. The van der Waals surface area contributed by atoms with E-state index < -0.39 is 0 Å². The van der Waals surface area contributed by atoms with Crippen LogP contribution in [0.4, 0.5) is 0 Å². The number of nitrogens with zero attached hydrogens (tertiary/aromatic N) is 2. The first kappa shape index (κ1) is 11.2. The van der Waals surface area contributed by atoms with E-state index in [1.54, 1.807) is 0 Å². The van der Waals surface area contributed by atoms with Gasteiger partial charge >= 0.3 is 0 Å². The molecule has 0 spiro atoms. The molecular weight excluding hydrogens is 220 g/mol. The zero-order valence-corrected chi connectivity index (χ0v) is 9.87. The average molecular weight is 234 g/mol. The first-order valence-electron chi connectivity index (χ1n) is 5.19. The van der Waals surface area contributed by atoms with E-state index >= 15 is 0 Å². The molecule has 84 valence electrons. The van der Waals surface area contributed by atoms with Crippen LogP contribution in [0.2, 0.25) is 0 Å². The Bertz CT molecular complexity index is 440. The molecule has 0 aliphatic heterocycles. The molecule has 1 heterocycles. The maximum Gasteiger partial charge on any atom is 0.0837 e. The number of aromatic nitrogens is 2. The van der Waals surface area contributed by atoms with Crippen LogP contribution in [0.1, 0.15) is 29.1 Å². The highest BCUT2D eigenvalue weighted by Crippen LogP contribution is 2.26. The second kappa shape index (κ2) is 5.16. The Morgan fingerprint density at radius 1 is 1.38 bits per heavy atom. The zero-order chi connectivity index (χ0) is 11.4. The lowest BCUT2D eigenvalue weighted by atomic mass is 10.0. The van der Waals surface area contributed by atoms with E-state index in [0.717, 1.165) is 22.6 Å². The molecule has 0 fully saturated rings. The average Bonchev–Trinajstić information content (AvgIpc) is 2.80. The van der Waals surface area contributed by atoms with Crippen LogP contribution in [-0.2, 0) is 6.42 Å². The van der Waals surface area contributed by atoms with Gasteiger partial charge in [0.05, 0.1) is 16.6 Å². The molecule has 0 amide bonds. The molecule has 5 heteroatoms. The van der Waals surface area contributed by atoms with Gasteiger partial charge in [0.25, 0.3) is 0 Å². The van der Waals surface area contributed by atoms with Gasteiger partial charge in [-0.3, -0.25) is 5.84 Å². The van der Waals surface area contributed by atoms with E-state index in [4.69, 9.17) is 5.84 Å². The first-order chi connectivity index (χ1) is 7.86. The van der Waals surface area contributed by atoms with Gasteiger partial charge in [-0.1, -0.05) is 41.7 Å². The van der Waals surface area contributed by atoms with E-state index in [9.17, 15) is 0 Å². The number of benzene rings is 1. The van der Waals surface area contributed by atoms with E-state index in [1.165, 1.54) is 11.5 Å². The fourth-order valence-electron chi connectivity index (χ4n) is 1.65. The molecule has 0 aliphatic rings. The lowest BCUT2D eigenvalue weighted by molar-refractivity contribution is 0.639. The van der Waals surface area contributed by atoms with Crippen molar-refractivity contribution in [2.45, 2.75) is 19.4 Å². The smallest absolute Gasteiger partial charge is 0.0837 e. The third-order valence-corrected chi connectivity index (χ3v) is 3.31. The Labute approximate surface area is 98.6 Å². The van der Waals surface area contributed by atoms with Gasteiger partial charge in [-0.05, 0) is 23.5 Å². The summed E-state index contributed by atoms with van der Waals surface area (Å²) in [6.07, 6.45) is 0.872. The summed E-state index contributed by atoms with van der Waals surface area (Å²) in [7, 11) is 0. The van der Waals surface area contributed by atoms with Crippen molar-refractivity contribution >= 4 is 11.5 Å². The summed E-state index contributed by atoms with van der Waals surface area (Å²) in [6, 6.07) is 10.1. The Morgan fingerprint density at radius 3 is 2.75 bits per heavy atom. The minimum absolute atomic E-state index is 0.0175. The van der Waals surface area contributed by atoms with Crippen molar-refractivity contribution in [3.05, 3.63) is 46.5 Å². The van der Waals surface area contributed by atoms with Gasteiger partial charge in [0.2, 0.25) is 0 Å². The van der Waals surface area contributed by atoms with Crippen molar-refractivity contribution in [3.63, 3.8) is 0 Å². The number of rotatable bonds is 4. The number of hydrogen-bond acceptors (Lipinski definition) is 5. The summed E-state index contributed by atoms with van der Waals surface area (Å²) in [6.45, 7) is 2.07. The molecule has 0 radical (unpaired) electrons. The molecule has 1 atom stereocenters. The van der Waals surface area contributed by atoms with Crippen molar-refractivity contribution in [1.29, 1.82) is 0 Å². The highest BCUT2D eigenvalue weighted by atomic mass is 32.1. The summed E-state index contributed by atoms with van der Waals surface area (Å²) in [5.74, 6) is 5.62. The molecule has 16 heavy (non-hydrogen) atoms. The van der Waals surface area contributed by atoms with Gasteiger partial charge in [0, 0.05) is 0 Å². The van der Waals surface area contributed by atoms with Crippen molar-refractivity contribution in [2.75, 3.05) is 0 Å². The third kappa shape index (κ3) is 2.11. The van der Waals surface area contributed by atoms with Gasteiger partial charge in [-0.2, -0.15) is 0 Å². The standard InChI is InChI=1S/C11H14N4S/c1-2-9-11(16-15-14-9)10(13-12)8-6-4-3-5-7-8/h3-7,10,13H,2,12H2,1H3. The molecule has 1 unspecified atom stereocenters. The second-order valence-corrected chi connectivity index (χ2v) is 4.23. The summed E-state index contributed by atoms with van der Waals surface area (Å²) in [5.41, 5.74) is 4.97. The van der Waals surface area contributed by atoms with Crippen LogP contribution in [0, 0.1) is 0 Å². The third-order valence-electron chi connectivity index (χ3n) is 2.48. The molecule has 3 N–H and O–H groups in total. The molecule has 2 aromatic rings. The first-order valence-corrected chi connectivity index (χ1v) is 5.96. The van der Waals surface area contributed by atoms with Crippen LogP contribution in [-0.4, -0.2) is 9.59 Å². The van der Waals surface area contributed by atoms with Crippen LogP contribution in [0.15, 0.2) is 30.3 Å². The number of nitrogens with one attached hydrogen (secondary N) is 1. The van der Waals surface area contributed by atoms with Crippen molar-refractivity contribution in [2.24, 2.45) is 5.84 Å². The molecule has 0 saturated carbocycles. The molecule has 1 aromatic carbocycles. The number of hydrazine groups is 1. The quantitative estimate of drug-likeness (QED) is 0.623. The predicted molar refractivity (Wildman–Crippen MR) is 64.9 cm³/mol. The lowest BCUT2D eigenvalue weighted by Crippen LogP contribution is -2.28. The SMILES string of the molecule is CCc1nnsc1C(NN)c1ccccc1. The van der Waals surface area contributed by atoms with E-state index in [2.05, 4.69) is 21.9 Å². The van der Waals surface area contributed by atoms with Crippen LogP contribution < -0.4 is 11.3 Å². The predicted octanol–water partition coefficient (Wildman–Crippen LogP) is 1.65. The molecule has 1 aromatic heterocycles. The Balaban J connectivity index is 2.37. The summed E-state index contributed by atoms with van der Waals surface area (Å²) in [4.78, 5) is 1.09. The summed E-state index contributed by atoms with van der Waals surface area (Å²) < 4.78 is 3.98. The minimum atomic E-state index is -0.0175. The van der Waals surface area contributed by atoms with Crippen molar-refractivity contribution in [1.82, 2.24) is 15.0 Å². The maximum atomic E-state index is 5.62. The van der Waals surface area contributed by atoms with E-state index in [1.807, 2.05) is 30.3 Å². The van der Waals surface area contributed by atoms with Gasteiger partial charge < -0.3 is 0 Å². The lowest BCUT2D eigenvalue weighted by Gasteiger charge is -2.14. The number of nitrogens with two attached hydrogens (primary N) is 1. The van der Waals surface area contributed by atoms with Crippen LogP contribution >= 0.6 is 11.5 Å². The fraction of sp³-hybridized carbons (Fsp3) is 0.273. The molecule has 4 nitrogen and oxygen atoms in total. The van der Waals surface area contributed by atoms with Gasteiger partial charge in [0.1, 0.15) is 0 Å². The number of aryl methyl sites for hydroxylation is 1. The fourth-order valence-corrected chi connectivity index (χ4v) is 2.48. The summed E-state index contributed by atoms with van der Waals surface area (Å²) in [5, 5.41) is 4.10. The zero-order valence-electron chi connectivity index (χ0n) is 9.05. The second-order valence-electron chi connectivity index (χ2n) is 3.45. The van der Waals surface area contributed by atoms with Crippen molar-refractivity contribution < 1.29 is 0 Å². The molecule has 2 rings (SSSR count). The van der Waals surface area contributed by atoms with Gasteiger partial charge in [-0.25, -0.2) is 5.43 Å². The highest BCUT2D eigenvalue weighted by Gasteiger charge is 2.18. The van der Waals surface area contributed by atoms with E-state index in [-0.39, 0.29) is 6.04 Å². The van der Waals surface area contributed by atoms with Crippen molar-refractivity contribution in [3.8, 4) is 0 Å². The highest BCUT2D eigenvalue weighted by molar-refractivity contribution is 7.05.